The van der Waals surface area contributed by atoms with Gasteiger partial charge in [-0.1, -0.05) is 24.3 Å². The molecule has 0 unspecified atom stereocenters. The Kier molecular flexibility index (Phi) is 4.21. The molecule has 4 rings (SSSR count). The Balaban J connectivity index is 1.57. The summed E-state index contributed by atoms with van der Waals surface area (Å²) in [6.45, 7) is 2.33. The zero-order valence-corrected chi connectivity index (χ0v) is 13.9. The van der Waals surface area contributed by atoms with Crippen molar-refractivity contribution in [1.29, 1.82) is 0 Å². The molecule has 0 radical (unpaired) electrons. The van der Waals surface area contributed by atoms with Crippen molar-refractivity contribution in [3.63, 3.8) is 0 Å². The highest BCUT2D eigenvalue weighted by Crippen LogP contribution is 2.32. The molecular formula is C19H23N3O2. The second kappa shape index (κ2) is 6.49. The van der Waals surface area contributed by atoms with Gasteiger partial charge in [0, 0.05) is 38.2 Å². The standard InChI is InChI=1S/C19H23N3O2/c1-20-19(23)14-10-18-17(8-9-24-18)22(11-14)12-15-7-6-13-4-2-3-5-16(13)21-15/h2-7,14,17-18H,8-12H2,1H3,(H,20,23)/t14-,17-,18-/m0/s1. The van der Waals surface area contributed by atoms with E-state index in [0.29, 0.717) is 6.04 Å². The number of aromatic nitrogens is 1. The zero-order valence-electron chi connectivity index (χ0n) is 13.9. The summed E-state index contributed by atoms with van der Waals surface area (Å²) in [5, 5.41) is 3.94. The largest absolute Gasteiger partial charge is 0.377 e. The number of rotatable bonds is 3. The van der Waals surface area contributed by atoms with E-state index in [0.717, 1.165) is 49.1 Å². The molecule has 1 aromatic carbocycles. The van der Waals surface area contributed by atoms with Crippen LogP contribution in [0, 0.1) is 5.92 Å². The van der Waals surface area contributed by atoms with Gasteiger partial charge in [-0.3, -0.25) is 14.7 Å². The normalized spacial score (nSPS) is 27.1. The summed E-state index contributed by atoms with van der Waals surface area (Å²) in [7, 11) is 1.71. The van der Waals surface area contributed by atoms with Crippen molar-refractivity contribution < 1.29 is 9.53 Å². The summed E-state index contributed by atoms with van der Waals surface area (Å²) in [6, 6.07) is 12.8. The molecule has 2 aliphatic rings. The van der Waals surface area contributed by atoms with Crippen LogP contribution in [0.3, 0.4) is 0 Å². The monoisotopic (exact) mass is 325 g/mol. The predicted octanol–water partition coefficient (Wildman–Crippen LogP) is 1.96. The quantitative estimate of drug-likeness (QED) is 0.937. The molecule has 1 amide bonds. The van der Waals surface area contributed by atoms with Gasteiger partial charge in [0.05, 0.1) is 23.2 Å². The fourth-order valence-corrected chi connectivity index (χ4v) is 4.03. The Morgan fingerprint density at radius 2 is 2.21 bits per heavy atom. The molecule has 24 heavy (non-hydrogen) atoms. The van der Waals surface area contributed by atoms with E-state index in [1.807, 2.05) is 18.2 Å². The van der Waals surface area contributed by atoms with Crippen LogP contribution in [0.15, 0.2) is 36.4 Å². The lowest BCUT2D eigenvalue weighted by atomic mass is 9.89. The molecule has 3 atom stereocenters. The number of hydrogen-bond acceptors (Lipinski definition) is 4. The maximum absolute atomic E-state index is 12.1. The first kappa shape index (κ1) is 15.5. The number of piperidine rings is 1. The molecule has 5 heteroatoms. The average Bonchev–Trinajstić information content (AvgIpc) is 3.10. The Hall–Kier alpha value is -1.98. The number of carbonyl (C=O) groups excluding carboxylic acids is 1. The maximum atomic E-state index is 12.1. The van der Waals surface area contributed by atoms with Crippen LogP contribution in [0.2, 0.25) is 0 Å². The molecule has 0 bridgehead atoms. The first-order valence-electron chi connectivity index (χ1n) is 8.66. The minimum absolute atomic E-state index is 0.00481. The third-order valence-electron chi connectivity index (χ3n) is 5.25. The molecule has 0 spiro atoms. The van der Waals surface area contributed by atoms with E-state index >= 15 is 0 Å². The van der Waals surface area contributed by atoms with Gasteiger partial charge in [0.2, 0.25) is 5.91 Å². The van der Waals surface area contributed by atoms with Crippen molar-refractivity contribution in [2.75, 3.05) is 20.2 Å². The van der Waals surface area contributed by atoms with Crippen LogP contribution in [-0.4, -0.2) is 48.1 Å². The van der Waals surface area contributed by atoms with Crippen molar-refractivity contribution in [2.45, 2.75) is 31.5 Å². The first-order chi connectivity index (χ1) is 11.7. The molecule has 5 nitrogen and oxygen atoms in total. The molecule has 2 saturated heterocycles. The number of benzene rings is 1. The number of pyridine rings is 1. The second-order valence-electron chi connectivity index (χ2n) is 6.74. The third kappa shape index (κ3) is 2.89. The Labute approximate surface area is 142 Å². The number of hydrogen-bond donors (Lipinski definition) is 1. The van der Waals surface area contributed by atoms with E-state index in [1.54, 1.807) is 7.05 Å². The Bertz CT molecular complexity index is 748. The molecule has 2 fully saturated rings. The average molecular weight is 325 g/mol. The first-order valence-corrected chi connectivity index (χ1v) is 8.66. The molecule has 1 aromatic heterocycles. The summed E-state index contributed by atoms with van der Waals surface area (Å²) in [5.41, 5.74) is 2.07. The maximum Gasteiger partial charge on any atom is 0.224 e. The SMILES string of the molecule is CNC(=O)[C@H]1C[C@@H]2OCC[C@@H]2N(Cc2ccc3ccccc3n2)C1. The van der Waals surface area contributed by atoms with E-state index < -0.39 is 0 Å². The lowest BCUT2D eigenvalue weighted by molar-refractivity contribution is -0.129. The summed E-state index contributed by atoms with van der Waals surface area (Å²) >= 11 is 0. The minimum atomic E-state index is -0.00481. The van der Waals surface area contributed by atoms with Gasteiger partial charge < -0.3 is 10.1 Å². The van der Waals surface area contributed by atoms with E-state index in [2.05, 4.69) is 28.4 Å². The summed E-state index contributed by atoms with van der Waals surface area (Å²) < 4.78 is 5.88. The minimum Gasteiger partial charge on any atom is -0.377 e. The molecule has 0 saturated carbocycles. The molecule has 2 aromatic rings. The van der Waals surface area contributed by atoms with Crippen LogP contribution in [0.25, 0.3) is 10.9 Å². The summed E-state index contributed by atoms with van der Waals surface area (Å²) in [5.74, 6) is 0.107. The van der Waals surface area contributed by atoms with Gasteiger partial charge in [-0.2, -0.15) is 0 Å². The van der Waals surface area contributed by atoms with Crippen LogP contribution in [0.1, 0.15) is 18.5 Å². The van der Waals surface area contributed by atoms with Crippen molar-refractivity contribution in [2.24, 2.45) is 5.92 Å². The lowest BCUT2D eigenvalue weighted by Crippen LogP contribution is -2.52. The fraction of sp³-hybridized carbons (Fsp3) is 0.474. The molecule has 126 valence electrons. The molecule has 3 heterocycles. The zero-order chi connectivity index (χ0) is 16.5. The molecule has 1 N–H and O–H groups in total. The van der Waals surface area contributed by atoms with Gasteiger partial charge in [0.15, 0.2) is 0 Å². The topological polar surface area (TPSA) is 54.5 Å². The van der Waals surface area contributed by atoms with Crippen molar-refractivity contribution in [1.82, 2.24) is 15.2 Å². The van der Waals surface area contributed by atoms with E-state index in [4.69, 9.17) is 9.72 Å². The number of ether oxygens (including phenoxy) is 1. The molecular weight excluding hydrogens is 302 g/mol. The van der Waals surface area contributed by atoms with Gasteiger partial charge >= 0.3 is 0 Å². The number of amides is 1. The summed E-state index contributed by atoms with van der Waals surface area (Å²) in [6.07, 6.45) is 2.03. The van der Waals surface area contributed by atoms with E-state index in [-0.39, 0.29) is 17.9 Å². The predicted molar refractivity (Wildman–Crippen MR) is 92.5 cm³/mol. The van der Waals surface area contributed by atoms with Gasteiger partial charge in [-0.15, -0.1) is 0 Å². The van der Waals surface area contributed by atoms with Crippen molar-refractivity contribution in [3.8, 4) is 0 Å². The van der Waals surface area contributed by atoms with Crippen LogP contribution in [0.4, 0.5) is 0 Å². The van der Waals surface area contributed by atoms with E-state index in [1.165, 1.54) is 0 Å². The number of fused-ring (bicyclic) bond motifs is 2. The van der Waals surface area contributed by atoms with Gasteiger partial charge in [-0.25, -0.2) is 0 Å². The molecule has 0 aliphatic carbocycles. The Morgan fingerprint density at radius 3 is 3.08 bits per heavy atom. The number of nitrogens with one attached hydrogen (secondary N) is 1. The third-order valence-corrected chi connectivity index (χ3v) is 5.25. The smallest absolute Gasteiger partial charge is 0.224 e. The van der Waals surface area contributed by atoms with Gasteiger partial charge in [-0.05, 0) is 25.0 Å². The number of likely N-dealkylation sites (tertiary alicyclic amines) is 1. The Morgan fingerprint density at radius 1 is 1.33 bits per heavy atom. The number of para-hydroxylation sites is 1. The summed E-state index contributed by atoms with van der Waals surface area (Å²) in [4.78, 5) is 19.3. The van der Waals surface area contributed by atoms with Gasteiger partial charge in [0.1, 0.15) is 0 Å². The van der Waals surface area contributed by atoms with Crippen molar-refractivity contribution >= 4 is 16.8 Å². The lowest BCUT2D eigenvalue weighted by Gasteiger charge is -2.40. The van der Waals surface area contributed by atoms with Crippen LogP contribution in [-0.2, 0) is 16.1 Å². The highest BCUT2D eigenvalue weighted by Gasteiger charge is 2.42. The second-order valence-corrected chi connectivity index (χ2v) is 6.74. The van der Waals surface area contributed by atoms with Gasteiger partial charge in [0.25, 0.3) is 0 Å². The number of carbonyl (C=O) groups is 1. The van der Waals surface area contributed by atoms with Crippen LogP contribution in [0.5, 0.6) is 0 Å². The molecule has 2 aliphatic heterocycles. The highest BCUT2D eigenvalue weighted by molar-refractivity contribution is 5.79. The van der Waals surface area contributed by atoms with Crippen LogP contribution < -0.4 is 5.32 Å². The van der Waals surface area contributed by atoms with E-state index in [9.17, 15) is 4.79 Å². The van der Waals surface area contributed by atoms with Crippen LogP contribution >= 0.6 is 0 Å². The van der Waals surface area contributed by atoms with Crippen molar-refractivity contribution in [3.05, 3.63) is 42.1 Å². The fourth-order valence-electron chi connectivity index (χ4n) is 4.03. The number of nitrogens with zero attached hydrogens (tertiary/aromatic N) is 2. The highest BCUT2D eigenvalue weighted by atomic mass is 16.5.